The molecule has 2 amide bonds. The van der Waals surface area contributed by atoms with Crippen molar-refractivity contribution in [3.63, 3.8) is 0 Å². The van der Waals surface area contributed by atoms with E-state index < -0.39 is 6.09 Å². The number of hydrogen-bond acceptors (Lipinski definition) is 3. The Balaban J connectivity index is 1.61. The van der Waals surface area contributed by atoms with Crippen LogP contribution < -0.4 is 10.2 Å². The lowest BCUT2D eigenvalue weighted by molar-refractivity contribution is -0.117. The van der Waals surface area contributed by atoms with Gasteiger partial charge >= 0.3 is 6.09 Å². The molecule has 0 unspecified atom stereocenters. The molecule has 2 atom stereocenters. The molecule has 1 saturated heterocycles. The molecule has 0 aromatic heterocycles. The minimum absolute atomic E-state index is 0.0302. The van der Waals surface area contributed by atoms with Gasteiger partial charge in [-0.2, -0.15) is 0 Å². The van der Waals surface area contributed by atoms with Crippen LogP contribution in [-0.4, -0.2) is 41.1 Å². The van der Waals surface area contributed by atoms with Crippen LogP contribution in [0.3, 0.4) is 0 Å². The summed E-state index contributed by atoms with van der Waals surface area (Å²) in [6.45, 7) is 6.85. The lowest BCUT2D eigenvalue weighted by Gasteiger charge is -2.39. The van der Waals surface area contributed by atoms with E-state index in [0.29, 0.717) is 6.42 Å². The topological polar surface area (TPSA) is 72.9 Å². The molecule has 6 nitrogen and oxygen atoms in total. The zero-order chi connectivity index (χ0) is 22.0. The summed E-state index contributed by atoms with van der Waals surface area (Å²) in [4.78, 5) is 27.9. The Morgan fingerprint density at radius 2 is 1.71 bits per heavy atom. The van der Waals surface area contributed by atoms with Crippen molar-refractivity contribution in [2.75, 3.05) is 18.0 Å². The summed E-state index contributed by atoms with van der Waals surface area (Å²) in [6, 6.07) is 14.2. The van der Waals surface area contributed by atoms with Crippen molar-refractivity contribution in [2.45, 2.75) is 58.2 Å². The van der Waals surface area contributed by atoms with Gasteiger partial charge in [-0.1, -0.05) is 36.8 Å². The van der Waals surface area contributed by atoms with E-state index in [0.717, 1.165) is 28.9 Å². The number of anilines is 1. The molecule has 2 N–H and O–H groups in total. The van der Waals surface area contributed by atoms with E-state index >= 15 is 0 Å². The van der Waals surface area contributed by atoms with Crippen LogP contribution in [0.1, 0.15) is 56.7 Å². The third-order valence-electron chi connectivity index (χ3n) is 6.46. The van der Waals surface area contributed by atoms with Crippen molar-refractivity contribution in [1.82, 2.24) is 10.2 Å². The number of rotatable bonds is 4. The molecule has 0 spiro atoms. The first kappa shape index (κ1) is 21.4. The number of carbonyl (C=O) groups excluding carboxylic acids is 1. The van der Waals surface area contributed by atoms with Crippen LogP contribution in [0.4, 0.5) is 10.5 Å². The summed E-state index contributed by atoms with van der Waals surface area (Å²) in [5, 5.41) is 11.9. The first-order valence-corrected chi connectivity index (χ1v) is 11.2. The van der Waals surface area contributed by atoms with Gasteiger partial charge < -0.3 is 15.3 Å². The second-order valence-electron chi connectivity index (χ2n) is 8.78. The van der Waals surface area contributed by atoms with Gasteiger partial charge in [0.15, 0.2) is 0 Å². The highest BCUT2D eigenvalue weighted by molar-refractivity contribution is 5.94. The van der Waals surface area contributed by atoms with E-state index in [9.17, 15) is 14.7 Å². The van der Waals surface area contributed by atoms with E-state index in [-0.39, 0.29) is 18.0 Å². The van der Waals surface area contributed by atoms with Gasteiger partial charge in [0.1, 0.15) is 0 Å². The number of piperidine rings is 1. The van der Waals surface area contributed by atoms with E-state index in [2.05, 4.69) is 34.5 Å². The molecule has 2 aliphatic heterocycles. The van der Waals surface area contributed by atoms with E-state index in [1.807, 2.05) is 25.1 Å². The highest BCUT2D eigenvalue weighted by Crippen LogP contribution is 2.39. The van der Waals surface area contributed by atoms with Crippen LogP contribution in [0.2, 0.25) is 0 Å². The smallest absolute Gasteiger partial charge is 0.405 e. The van der Waals surface area contributed by atoms with Gasteiger partial charge in [0.2, 0.25) is 5.91 Å². The molecular weight excluding hydrogens is 390 g/mol. The predicted octanol–water partition coefficient (Wildman–Crippen LogP) is 4.79. The SMILES string of the molecule is CC(=O)N1c2ccc(-c3ccc(CN4CCCCC4)cc3)cc2[C@H](NC(=O)O)C[C@@H]1C. The number of nitrogens with one attached hydrogen (secondary N) is 1. The van der Waals surface area contributed by atoms with E-state index in [1.165, 1.54) is 37.9 Å². The maximum atomic E-state index is 12.2. The molecule has 2 aromatic rings. The van der Waals surface area contributed by atoms with Gasteiger partial charge in [-0.3, -0.25) is 9.69 Å². The molecule has 0 radical (unpaired) electrons. The van der Waals surface area contributed by atoms with Gasteiger partial charge in [-0.25, -0.2) is 4.79 Å². The predicted molar refractivity (Wildman–Crippen MR) is 122 cm³/mol. The Morgan fingerprint density at radius 1 is 1.03 bits per heavy atom. The van der Waals surface area contributed by atoms with Crippen molar-refractivity contribution in [2.24, 2.45) is 0 Å². The van der Waals surface area contributed by atoms with Gasteiger partial charge in [0.25, 0.3) is 0 Å². The fraction of sp³-hybridized carbons (Fsp3) is 0.440. The van der Waals surface area contributed by atoms with Gasteiger partial charge in [-0.15, -0.1) is 0 Å². The number of benzene rings is 2. The van der Waals surface area contributed by atoms with Crippen molar-refractivity contribution in [1.29, 1.82) is 0 Å². The van der Waals surface area contributed by atoms with Crippen LogP contribution in [0.25, 0.3) is 11.1 Å². The number of likely N-dealkylation sites (tertiary alicyclic amines) is 1. The lowest BCUT2D eigenvalue weighted by Crippen LogP contribution is -2.45. The third-order valence-corrected chi connectivity index (χ3v) is 6.46. The molecular formula is C25H31N3O3. The summed E-state index contributed by atoms with van der Waals surface area (Å²) in [5.74, 6) is -0.0302. The van der Waals surface area contributed by atoms with Crippen molar-refractivity contribution < 1.29 is 14.7 Å². The summed E-state index contributed by atoms with van der Waals surface area (Å²) in [5.41, 5.74) is 5.07. The molecule has 2 aromatic carbocycles. The largest absolute Gasteiger partial charge is 0.465 e. The second-order valence-corrected chi connectivity index (χ2v) is 8.78. The lowest BCUT2D eigenvalue weighted by atomic mass is 9.89. The van der Waals surface area contributed by atoms with Crippen LogP contribution in [-0.2, 0) is 11.3 Å². The summed E-state index contributed by atoms with van der Waals surface area (Å²) >= 11 is 0. The average molecular weight is 422 g/mol. The number of nitrogens with zero attached hydrogens (tertiary/aromatic N) is 2. The minimum Gasteiger partial charge on any atom is -0.465 e. The molecule has 6 heteroatoms. The molecule has 2 heterocycles. The van der Waals surface area contributed by atoms with Gasteiger partial charge in [-0.05, 0) is 73.7 Å². The summed E-state index contributed by atoms with van der Waals surface area (Å²) < 4.78 is 0. The third kappa shape index (κ3) is 4.74. The number of carboxylic acid groups (broad SMARTS) is 1. The minimum atomic E-state index is -1.05. The van der Waals surface area contributed by atoms with Gasteiger partial charge in [0, 0.05) is 25.2 Å². The Morgan fingerprint density at radius 3 is 2.35 bits per heavy atom. The average Bonchev–Trinajstić information content (AvgIpc) is 2.74. The van der Waals surface area contributed by atoms with Crippen molar-refractivity contribution >= 4 is 17.7 Å². The maximum absolute atomic E-state index is 12.2. The van der Waals surface area contributed by atoms with Crippen LogP contribution in [0.15, 0.2) is 42.5 Å². The van der Waals surface area contributed by atoms with Gasteiger partial charge in [0.05, 0.1) is 6.04 Å². The van der Waals surface area contributed by atoms with Crippen LogP contribution >= 0.6 is 0 Å². The quantitative estimate of drug-likeness (QED) is 0.744. The molecule has 1 fully saturated rings. The first-order chi connectivity index (χ1) is 14.9. The molecule has 0 bridgehead atoms. The summed E-state index contributed by atoms with van der Waals surface area (Å²) in [7, 11) is 0. The van der Waals surface area contributed by atoms with Crippen molar-refractivity contribution in [3.8, 4) is 11.1 Å². The van der Waals surface area contributed by atoms with E-state index in [4.69, 9.17) is 0 Å². The molecule has 0 saturated carbocycles. The molecule has 0 aliphatic carbocycles. The summed E-state index contributed by atoms with van der Waals surface area (Å²) in [6.07, 6.45) is 3.41. The number of carbonyl (C=O) groups is 2. The zero-order valence-corrected chi connectivity index (χ0v) is 18.3. The Hall–Kier alpha value is -2.86. The Bertz CT molecular complexity index is 951. The standard InChI is InChI=1S/C25H31N3O3/c1-17-14-23(26-25(30)31)22-15-21(10-11-24(22)28(17)18(2)29)20-8-6-19(7-9-20)16-27-12-4-3-5-13-27/h6-11,15,17,23,26H,3-5,12-14,16H2,1-2H3,(H,30,31)/t17-,23+/m0/s1. The van der Waals surface area contributed by atoms with Crippen LogP contribution in [0, 0.1) is 0 Å². The number of fused-ring (bicyclic) bond motifs is 1. The maximum Gasteiger partial charge on any atom is 0.405 e. The number of amides is 2. The van der Waals surface area contributed by atoms with Crippen LogP contribution in [0.5, 0.6) is 0 Å². The highest BCUT2D eigenvalue weighted by atomic mass is 16.4. The molecule has 2 aliphatic rings. The fourth-order valence-electron chi connectivity index (χ4n) is 4.99. The highest BCUT2D eigenvalue weighted by Gasteiger charge is 2.33. The molecule has 164 valence electrons. The Labute approximate surface area is 183 Å². The molecule has 31 heavy (non-hydrogen) atoms. The first-order valence-electron chi connectivity index (χ1n) is 11.2. The Kier molecular flexibility index (Phi) is 6.28. The zero-order valence-electron chi connectivity index (χ0n) is 18.3. The fourth-order valence-corrected chi connectivity index (χ4v) is 4.99. The monoisotopic (exact) mass is 421 g/mol. The number of hydrogen-bond donors (Lipinski definition) is 2. The molecule has 4 rings (SSSR count). The second kappa shape index (κ2) is 9.10. The van der Waals surface area contributed by atoms with E-state index in [1.54, 1.807) is 11.8 Å². The van der Waals surface area contributed by atoms with Crippen molar-refractivity contribution in [3.05, 3.63) is 53.6 Å². The normalized spacial score (nSPS) is 21.4.